The number of hydrogen-bond donors (Lipinski definition) is 2. The van der Waals surface area contributed by atoms with E-state index in [9.17, 15) is 9.59 Å². The molecule has 0 aromatic carbocycles. The average molecular weight is 325 g/mol. The lowest BCUT2D eigenvalue weighted by atomic mass is 10.0. The standard InChI is InChI=1S/C16H27N3O4/c1-11(2)19-10-12(9-17-19)8-13(6-7-14(20)21)18-15(22)23-16(3,4)5/h9-11,13H,6-8H2,1-5H3,(H,18,22)(H,20,21). The van der Waals surface area contributed by atoms with E-state index in [1.807, 2.05) is 24.7 Å². The van der Waals surface area contributed by atoms with E-state index in [1.165, 1.54) is 0 Å². The summed E-state index contributed by atoms with van der Waals surface area (Å²) in [6.07, 6.45) is 3.95. The molecule has 0 bridgehead atoms. The Hall–Kier alpha value is -2.05. The quantitative estimate of drug-likeness (QED) is 0.804. The summed E-state index contributed by atoms with van der Waals surface area (Å²) in [5, 5.41) is 15.9. The number of carbonyl (C=O) groups excluding carboxylic acids is 1. The first kappa shape index (κ1) is 19.0. The van der Waals surface area contributed by atoms with Gasteiger partial charge in [-0.2, -0.15) is 5.10 Å². The zero-order valence-electron chi connectivity index (χ0n) is 14.5. The van der Waals surface area contributed by atoms with Gasteiger partial charge < -0.3 is 15.2 Å². The highest BCUT2D eigenvalue weighted by Crippen LogP contribution is 2.12. The van der Waals surface area contributed by atoms with Crippen LogP contribution in [0.5, 0.6) is 0 Å². The van der Waals surface area contributed by atoms with E-state index < -0.39 is 17.7 Å². The van der Waals surface area contributed by atoms with Crippen molar-refractivity contribution in [1.29, 1.82) is 0 Å². The van der Waals surface area contributed by atoms with Gasteiger partial charge in [-0.25, -0.2) is 4.79 Å². The number of ether oxygens (including phenoxy) is 1. The van der Waals surface area contributed by atoms with Crippen LogP contribution in [-0.2, 0) is 16.0 Å². The van der Waals surface area contributed by atoms with Gasteiger partial charge in [0.15, 0.2) is 0 Å². The van der Waals surface area contributed by atoms with Gasteiger partial charge in [-0.1, -0.05) is 0 Å². The summed E-state index contributed by atoms with van der Waals surface area (Å²) in [5.74, 6) is -0.890. The Kier molecular flexibility index (Phi) is 6.60. The Bertz CT molecular complexity index is 532. The molecule has 0 saturated heterocycles. The first-order valence-corrected chi connectivity index (χ1v) is 7.81. The number of nitrogens with one attached hydrogen (secondary N) is 1. The lowest BCUT2D eigenvalue weighted by Crippen LogP contribution is -2.40. The molecule has 0 radical (unpaired) electrons. The van der Waals surface area contributed by atoms with E-state index in [4.69, 9.17) is 9.84 Å². The van der Waals surface area contributed by atoms with Gasteiger partial charge in [-0.15, -0.1) is 0 Å². The first-order chi connectivity index (χ1) is 10.6. The van der Waals surface area contributed by atoms with E-state index in [-0.39, 0.29) is 18.5 Å². The van der Waals surface area contributed by atoms with Crippen molar-refractivity contribution in [2.45, 2.75) is 71.6 Å². The fourth-order valence-corrected chi connectivity index (χ4v) is 2.05. The van der Waals surface area contributed by atoms with Crippen LogP contribution in [0.4, 0.5) is 4.79 Å². The van der Waals surface area contributed by atoms with Crippen LogP contribution in [0, 0.1) is 0 Å². The molecule has 23 heavy (non-hydrogen) atoms. The molecule has 130 valence electrons. The molecule has 7 nitrogen and oxygen atoms in total. The molecule has 1 atom stereocenters. The number of hydrogen-bond acceptors (Lipinski definition) is 4. The lowest BCUT2D eigenvalue weighted by Gasteiger charge is -2.23. The summed E-state index contributed by atoms with van der Waals surface area (Å²) in [6.45, 7) is 9.40. The van der Waals surface area contributed by atoms with Crippen LogP contribution in [0.25, 0.3) is 0 Å². The average Bonchev–Trinajstić information content (AvgIpc) is 2.82. The third kappa shape index (κ3) is 7.67. The zero-order chi connectivity index (χ0) is 17.6. The minimum absolute atomic E-state index is 0.0151. The number of aromatic nitrogens is 2. The minimum Gasteiger partial charge on any atom is -0.481 e. The number of nitrogens with zero attached hydrogens (tertiary/aromatic N) is 2. The minimum atomic E-state index is -0.890. The molecule has 0 saturated carbocycles. The molecule has 1 aromatic rings. The fraction of sp³-hybridized carbons (Fsp3) is 0.688. The normalized spacial score (nSPS) is 13.0. The molecule has 1 amide bonds. The van der Waals surface area contributed by atoms with E-state index in [0.717, 1.165) is 5.56 Å². The summed E-state index contributed by atoms with van der Waals surface area (Å²) in [4.78, 5) is 22.7. The molecule has 1 unspecified atom stereocenters. The Morgan fingerprint density at radius 3 is 2.52 bits per heavy atom. The Labute approximate surface area is 137 Å². The van der Waals surface area contributed by atoms with Gasteiger partial charge in [-0.3, -0.25) is 9.48 Å². The number of aliphatic carboxylic acids is 1. The fourth-order valence-electron chi connectivity index (χ4n) is 2.05. The van der Waals surface area contributed by atoms with E-state index in [0.29, 0.717) is 12.8 Å². The monoisotopic (exact) mass is 325 g/mol. The second-order valence-electron chi connectivity index (χ2n) is 6.90. The van der Waals surface area contributed by atoms with Crippen molar-refractivity contribution < 1.29 is 19.4 Å². The van der Waals surface area contributed by atoms with Crippen LogP contribution in [0.15, 0.2) is 12.4 Å². The highest BCUT2D eigenvalue weighted by atomic mass is 16.6. The lowest BCUT2D eigenvalue weighted by molar-refractivity contribution is -0.137. The number of carbonyl (C=O) groups is 2. The molecule has 2 N–H and O–H groups in total. The second kappa shape index (κ2) is 7.99. The van der Waals surface area contributed by atoms with Crippen molar-refractivity contribution >= 4 is 12.1 Å². The second-order valence-corrected chi connectivity index (χ2v) is 6.90. The van der Waals surface area contributed by atoms with Gasteiger partial charge in [0.1, 0.15) is 5.60 Å². The van der Waals surface area contributed by atoms with Gasteiger partial charge in [0, 0.05) is 24.7 Å². The number of alkyl carbamates (subject to hydrolysis) is 1. The molecular weight excluding hydrogens is 298 g/mol. The van der Waals surface area contributed by atoms with E-state index >= 15 is 0 Å². The molecule has 0 aliphatic carbocycles. The Balaban J connectivity index is 2.70. The van der Waals surface area contributed by atoms with Crippen LogP contribution < -0.4 is 5.32 Å². The SMILES string of the molecule is CC(C)n1cc(CC(CCC(=O)O)NC(=O)OC(C)(C)C)cn1. The van der Waals surface area contributed by atoms with Crippen molar-refractivity contribution in [2.75, 3.05) is 0 Å². The Morgan fingerprint density at radius 2 is 2.04 bits per heavy atom. The van der Waals surface area contributed by atoms with Crippen LogP contribution in [-0.4, -0.2) is 38.6 Å². The Morgan fingerprint density at radius 1 is 1.39 bits per heavy atom. The van der Waals surface area contributed by atoms with Crippen LogP contribution in [0.3, 0.4) is 0 Å². The maximum absolute atomic E-state index is 11.9. The predicted octanol–water partition coefficient (Wildman–Crippen LogP) is 2.76. The smallest absolute Gasteiger partial charge is 0.407 e. The van der Waals surface area contributed by atoms with Crippen molar-refractivity contribution in [1.82, 2.24) is 15.1 Å². The van der Waals surface area contributed by atoms with Crippen LogP contribution in [0.1, 0.15) is 59.1 Å². The van der Waals surface area contributed by atoms with Crippen molar-refractivity contribution in [3.63, 3.8) is 0 Å². The molecular formula is C16H27N3O4. The maximum Gasteiger partial charge on any atom is 0.407 e. The summed E-state index contributed by atoms with van der Waals surface area (Å²) < 4.78 is 7.07. The first-order valence-electron chi connectivity index (χ1n) is 7.81. The van der Waals surface area contributed by atoms with E-state index in [2.05, 4.69) is 10.4 Å². The van der Waals surface area contributed by atoms with Crippen molar-refractivity contribution in [2.24, 2.45) is 0 Å². The van der Waals surface area contributed by atoms with Crippen LogP contribution in [0.2, 0.25) is 0 Å². The number of carboxylic acid groups (broad SMARTS) is 1. The zero-order valence-corrected chi connectivity index (χ0v) is 14.5. The molecule has 0 aliphatic rings. The highest BCUT2D eigenvalue weighted by Gasteiger charge is 2.21. The number of rotatable bonds is 7. The van der Waals surface area contributed by atoms with Gasteiger partial charge >= 0.3 is 12.1 Å². The number of carboxylic acids is 1. The largest absolute Gasteiger partial charge is 0.481 e. The number of amides is 1. The van der Waals surface area contributed by atoms with Gasteiger partial charge in [-0.05, 0) is 53.0 Å². The summed E-state index contributed by atoms with van der Waals surface area (Å²) in [6, 6.07) is -0.0641. The third-order valence-electron chi connectivity index (χ3n) is 3.09. The predicted molar refractivity (Wildman–Crippen MR) is 86.3 cm³/mol. The summed E-state index contributed by atoms with van der Waals surface area (Å²) >= 11 is 0. The molecule has 0 fully saturated rings. The molecule has 7 heteroatoms. The molecule has 1 heterocycles. The maximum atomic E-state index is 11.9. The molecule has 0 spiro atoms. The highest BCUT2D eigenvalue weighted by molar-refractivity contribution is 5.69. The topological polar surface area (TPSA) is 93.5 Å². The molecule has 1 aromatic heterocycles. The molecule has 0 aliphatic heterocycles. The van der Waals surface area contributed by atoms with Crippen molar-refractivity contribution in [3.05, 3.63) is 18.0 Å². The van der Waals surface area contributed by atoms with Crippen molar-refractivity contribution in [3.8, 4) is 0 Å². The van der Waals surface area contributed by atoms with Gasteiger partial charge in [0.2, 0.25) is 0 Å². The van der Waals surface area contributed by atoms with Gasteiger partial charge in [0.25, 0.3) is 0 Å². The van der Waals surface area contributed by atoms with E-state index in [1.54, 1.807) is 27.0 Å². The summed E-state index contributed by atoms with van der Waals surface area (Å²) in [7, 11) is 0. The van der Waals surface area contributed by atoms with Crippen LogP contribution >= 0.6 is 0 Å². The van der Waals surface area contributed by atoms with Gasteiger partial charge in [0.05, 0.1) is 6.20 Å². The summed E-state index contributed by atoms with van der Waals surface area (Å²) in [5.41, 5.74) is 0.356. The molecule has 1 rings (SSSR count). The third-order valence-corrected chi connectivity index (χ3v) is 3.09.